The largest absolute Gasteiger partial charge is 0.403 e. The van der Waals surface area contributed by atoms with Crippen molar-refractivity contribution in [2.75, 3.05) is 5.32 Å². The first kappa shape index (κ1) is 23.1. The van der Waals surface area contributed by atoms with Crippen LogP contribution in [0.3, 0.4) is 0 Å². The number of sulfone groups is 1. The second-order valence-electron chi connectivity index (χ2n) is 7.83. The number of amides is 1. The van der Waals surface area contributed by atoms with Crippen molar-refractivity contribution in [1.29, 1.82) is 0 Å². The number of nitrogens with zero attached hydrogens (tertiary/aromatic N) is 6. The van der Waals surface area contributed by atoms with Gasteiger partial charge in [0.15, 0.2) is 21.0 Å². The quantitative estimate of drug-likeness (QED) is 0.403. The van der Waals surface area contributed by atoms with Gasteiger partial charge in [-0.25, -0.2) is 18.2 Å². The molecule has 0 saturated heterocycles. The number of carbonyl (C=O) groups excluding carboxylic acids is 1. The maximum atomic E-state index is 12.5. The van der Waals surface area contributed by atoms with E-state index in [1.54, 1.807) is 13.8 Å². The van der Waals surface area contributed by atoms with Crippen molar-refractivity contribution in [3.05, 3.63) is 51.4 Å². The molecule has 3 aromatic heterocycles. The summed E-state index contributed by atoms with van der Waals surface area (Å²) in [7, 11) is -0.594. The van der Waals surface area contributed by atoms with E-state index >= 15 is 0 Å². The maximum absolute atomic E-state index is 12.5. The number of aromatic nitrogens is 6. The molecule has 1 aromatic carbocycles. The van der Waals surface area contributed by atoms with Gasteiger partial charge in [0.05, 0.1) is 16.5 Å². The van der Waals surface area contributed by atoms with Crippen LogP contribution in [-0.4, -0.2) is 48.5 Å². The first-order valence-corrected chi connectivity index (χ1v) is 11.6. The average Bonchev–Trinajstić information content (AvgIpc) is 3.43. The topological polar surface area (TPSA) is 164 Å². The molecule has 0 aliphatic rings. The minimum atomic E-state index is -3.41. The van der Waals surface area contributed by atoms with Crippen molar-refractivity contribution < 1.29 is 17.6 Å². The molecule has 178 valence electrons. The molecule has 14 heteroatoms. The number of anilines is 1. The Morgan fingerprint density at radius 3 is 2.41 bits per heavy atom. The molecule has 1 amide bonds. The Hall–Kier alpha value is -4.07. The highest BCUT2D eigenvalue weighted by molar-refractivity contribution is 7.92. The monoisotopic (exact) mass is 487 g/mol. The van der Waals surface area contributed by atoms with Crippen LogP contribution in [0.5, 0.6) is 0 Å². The van der Waals surface area contributed by atoms with Crippen LogP contribution in [-0.2, 0) is 35.3 Å². The second-order valence-corrected chi connectivity index (χ2v) is 10.3. The van der Waals surface area contributed by atoms with Crippen LogP contribution < -0.4 is 16.6 Å². The van der Waals surface area contributed by atoms with E-state index in [1.165, 1.54) is 53.8 Å². The van der Waals surface area contributed by atoms with E-state index in [1.807, 2.05) is 0 Å². The summed E-state index contributed by atoms with van der Waals surface area (Å²) in [6.07, 6.45) is 1.29. The summed E-state index contributed by atoms with van der Waals surface area (Å²) in [5.41, 5.74) is -0.376. The van der Waals surface area contributed by atoms with Gasteiger partial charge in [0.25, 0.3) is 5.56 Å². The van der Waals surface area contributed by atoms with Crippen LogP contribution in [0.25, 0.3) is 22.6 Å². The standard InChI is InChI=1S/C20H21N7O6S/c1-11(2)34(31,32)13-7-5-12(6-8-13)17-23-24-19(33-17)22-14(28)9-27-10-21-16-15(27)18(29)26(4)20(30)25(16)3/h5-8,10-11H,9H2,1-4H3,(H,22,24,28). The Bertz CT molecular complexity index is 1620. The third-order valence-corrected chi connectivity index (χ3v) is 7.42. The molecule has 0 radical (unpaired) electrons. The van der Waals surface area contributed by atoms with Gasteiger partial charge >= 0.3 is 11.7 Å². The maximum Gasteiger partial charge on any atom is 0.332 e. The molecule has 0 spiro atoms. The van der Waals surface area contributed by atoms with Crippen molar-refractivity contribution in [3.8, 4) is 11.5 Å². The van der Waals surface area contributed by atoms with Crippen molar-refractivity contribution in [2.24, 2.45) is 14.1 Å². The van der Waals surface area contributed by atoms with E-state index in [2.05, 4.69) is 20.5 Å². The van der Waals surface area contributed by atoms with Crippen molar-refractivity contribution in [3.63, 3.8) is 0 Å². The molecule has 3 heterocycles. The zero-order chi connectivity index (χ0) is 24.8. The Morgan fingerprint density at radius 2 is 1.76 bits per heavy atom. The number of benzene rings is 1. The van der Waals surface area contributed by atoms with Crippen LogP contribution in [0.15, 0.2) is 49.5 Å². The summed E-state index contributed by atoms with van der Waals surface area (Å²) < 4.78 is 33.4. The van der Waals surface area contributed by atoms with Gasteiger partial charge < -0.3 is 8.98 Å². The lowest BCUT2D eigenvalue weighted by Gasteiger charge is -2.07. The van der Waals surface area contributed by atoms with Crippen LogP contribution in [0, 0.1) is 0 Å². The molecular formula is C20H21N7O6S. The summed E-state index contributed by atoms with van der Waals surface area (Å²) in [6.45, 7) is 2.91. The number of fused-ring (bicyclic) bond motifs is 1. The Morgan fingerprint density at radius 1 is 1.09 bits per heavy atom. The first-order chi connectivity index (χ1) is 16.0. The van der Waals surface area contributed by atoms with E-state index in [9.17, 15) is 22.8 Å². The third kappa shape index (κ3) is 3.91. The number of imidazole rings is 1. The van der Waals surface area contributed by atoms with Crippen LogP contribution in [0.4, 0.5) is 6.01 Å². The lowest BCUT2D eigenvalue weighted by atomic mass is 10.2. The van der Waals surface area contributed by atoms with Gasteiger partial charge in [-0.3, -0.25) is 24.0 Å². The minimum Gasteiger partial charge on any atom is -0.403 e. The Balaban J connectivity index is 1.52. The fourth-order valence-electron chi connectivity index (χ4n) is 3.28. The highest BCUT2D eigenvalue weighted by Crippen LogP contribution is 2.23. The zero-order valence-corrected chi connectivity index (χ0v) is 19.5. The molecular weight excluding hydrogens is 466 g/mol. The smallest absolute Gasteiger partial charge is 0.332 e. The number of nitrogens with one attached hydrogen (secondary N) is 1. The number of hydrogen-bond acceptors (Lipinski definition) is 9. The molecule has 0 fully saturated rings. The summed E-state index contributed by atoms with van der Waals surface area (Å²) in [6, 6.07) is 5.79. The third-order valence-electron chi connectivity index (χ3n) is 5.25. The molecule has 0 aliphatic heterocycles. The van der Waals surface area contributed by atoms with Crippen molar-refractivity contribution in [2.45, 2.75) is 30.5 Å². The highest BCUT2D eigenvalue weighted by atomic mass is 32.2. The first-order valence-electron chi connectivity index (χ1n) is 10.1. The normalized spacial score (nSPS) is 11.9. The predicted molar refractivity (Wildman–Crippen MR) is 121 cm³/mol. The summed E-state index contributed by atoms with van der Waals surface area (Å²) in [5, 5.41) is 9.54. The van der Waals surface area contributed by atoms with E-state index in [4.69, 9.17) is 4.42 Å². The summed E-state index contributed by atoms with van der Waals surface area (Å²) in [4.78, 5) is 41.3. The van der Waals surface area contributed by atoms with Crippen LogP contribution in [0.1, 0.15) is 13.8 Å². The van der Waals surface area contributed by atoms with Crippen LogP contribution >= 0.6 is 0 Å². The number of rotatable bonds is 6. The van der Waals surface area contributed by atoms with Crippen molar-refractivity contribution in [1.82, 2.24) is 28.9 Å². The molecule has 0 saturated carbocycles. The molecule has 0 bridgehead atoms. The highest BCUT2D eigenvalue weighted by Gasteiger charge is 2.20. The van der Waals surface area contributed by atoms with E-state index in [-0.39, 0.29) is 34.5 Å². The molecule has 0 atom stereocenters. The fourth-order valence-corrected chi connectivity index (χ4v) is 4.34. The van der Waals surface area contributed by atoms with Gasteiger partial charge in [-0.15, -0.1) is 5.10 Å². The Kier molecular flexibility index (Phi) is 5.69. The fraction of sp³-hybridized carbons (Fsp3) is 0.300. The van der Waals surface area contributed by atoms with E-state index in [0.717, 1.165) is 4.57 Å². The zero-order valence-electron chi connectivity index (χ0n) is 18.7. The molecule has 13 nitrogen and oxygen atoms in total. The van der Waals surface area contributed by atoms with E-state index < -0.39 is 32.2 Å². The molecule has 0 aliphatic carbocycles. The lowest BCUT2D eigenvalue weighted by Crippen LogP contribution is -2.37. The van der Waals surface area contributed by atoms with Crippen molar-refractivity contribution >= 4 is 32.9 Å². The van der Waals surface area contributed by atoms with Gasteiger partial charge in [0.1, 0.15) is 6.54 Å². The molecule has 4 rings (SSSR count). The van der Waals surface area contributed by atoms with Gasteiger partial charge in [0.2, 0.25) is 11.8 Å². The van der Waals surface area contributed by atoms with Crippen LogP contribution in [0.2, 0.25) is 0 Å². The van der Waals surface area contributed by atoms with Gasteiger partial charge in [-0.2, -0.15) is 0 Å². The molecule has 4 aromatic rings. The van der Waals surface area contributed by atoms with Gasteiger partial charge in [0, 0.05) is 19.7 Å². The van der Waals surface area contributed by atoms with Gasteiger partial charge in [-0.05, 0) is 38.1 Å². The number of aryl methyl sites for hydroxylation is 1. The predicted octanol–water partition coefficient (Wildman–Crippen LogP) is 0.305. The number of hydrogen-bond donors (Lipinski definition) is 1. The second kappa shape index (κ2) is 8.37. The molecule has 0 unspecified atom stereocenters. The minimum absolute atomic E-state index is 0.0840. The van der Waals surface area contributed by atoms with E-state index in [0.29, 0.717) is 5.56 Å². The molecule has 34 heavy (non-hydrogen) atoms. The van der Waals surface area contributed by atoms with Gasteiger partial charge in [-0.1, -0.05) is 5.10 Å². The summed E-state index contributed by atoms with van der Waals surface area (Å²) in [5.74, 6) is -0.482. The average molecular weight is 487 g/mol. The molecule has 1 N–H and O–H groups in total. The lowest BCUT2D eigenvalue weighted by molar-refractivity contribution is -0.116. The summed E-state index contributed by atoms with van der Waals surface area (Å²) >= 11 is 0. The Labute approximate surface area is 192 Å². The SMILES string of the molecule is CC(C)S(=O)(=O)c1ccc(-c2nnc(NC(=O)Cn3cnc4c3c(=O)n(C)c(=O)n4C)o2)cc1. The number of carbonyl (C=O) groups is 1.